The smallest absolute Gasteiger partial charge is 0.339 e. The van der Waals surface area contributed by atoms with E-state index in [1.807, 2.05) is 0 Å². The molecule has 1 saturated heterocycles. The minimum atomic E-state index is -4.08. The van der Waals surface area contributed by atoms with Crippen LogP contribution in [0.25, 0.3) is 6.08 Å². The molecule has 3 aromatic carbocycles. The van der Waals surface area contributed by atoms with Crippen LogP contribution in [0.5, 0.6) is 5.75 Å². The minimum absolute atomic E-state index is 0.0470. The van der Waals surface area contributed by atoms with Gasteiger partial charge in [-0.2, -0.15) is 8.42 Å². The third kappa shape index (κ3) is 5.42. The zero-order chi connectivity index (χ0) is 24.5. The standard InChI is InChI=1S/C23H14Cl3NO5S2/c24-15-7-9-17(10-8-15)34(30,31)32-16-4-1-3-14(11-16)12-21-22(28)27(23(29)33-21)13-18-19(25)5-2-6-20(18)26/h1-12H,13H2/b21-12-. The largest absolute Gasteiger partial charge is 0.379 e. The lowest BCUT2D eigenvalue weighted by Crippen LogP contribution is -2.27. The van der Waals surface area contributed by atoms with Gasteiger partial charge < -0.3 is 4.18 Å². The SMILES string of the molecule is O=C1S/C(=C\c2cccc(OS(=O)(=O)c3ccc(Cl)cc3)c2)C(=O)N1Cc1c(Cl)cccc1Cl. The van der Waals surface area contributed by atoms with Crippen LogP contribution in [-0.2, 0) is 21.5 Å². The molecule has 1 aliphatic heterocycles. The number of benzene rings is 3. The molecule has 3 aromatic rings. The van der Waals surface area contributed by atoms with Gasteiger partial charge in [0.1, 0.15) is 10.6 Å². The van der Waals surface area contributed by atoms with Crippen LogP contribution in [0.1, 0.15) is 11.1 Å². The fourth-order valence-electron chi connectivity index (χ4n) is 3.06. The fourth-order valence-corrected chi connectivity index (χ4v) is 5.47. The van der Waals surface area contributed by atoms with Crippen LogP contribution in [0.4, 0.5) is 4.79 Å². The summed E-state index contributed by atoms with van der Waals surface area (Å²) in [6.45, 7) is -0.0665. The zero-order valence-electron chi connectivity index (χ0n) is 17.1. The molecule has 2 amide bonds. The number of rotatable bonds is 6. The summed E-state index contributed by atoms with van der Waals surface area (Å²) in [6.07, 6.45) is 1.49. The van der Waals surface area contributed by atoms with E-state index >= 15 is 0 Å². The van der Waals surface area contributed by atoms with Gasteiger partial charge in [0.2, 0.25) is 0 Å². The van der Waals surface area contributed by atoms with Crippen LogP contribution < -0.4 is 4.18 Å². The summed E-state index contributed by atoms with van der Waals surface area (Å²) >= 11 is 18.9. The maximum absolute atomic E-state index is 12.9. The molecule has 6 nitrogen and oxygen atoms in total. The lowest BCUT2D eigenvalue weighted by molar-refractivity contribution is -0.123. The van der Waals surface area contributed by atoms with Crippen LogP contribution in [0.15, 0.2) is 76.5 Å². The number of amides is 2. The van der Waals surface area contributed by atoms with Crippen molar-refractivity contribution >= 4 is 73.9 Å². The number of carbonyl (C=O) groups is 2. The topological polar surface area (TPSA) is 80.8 Å². The molecular formula is C23H14Cl3NO5S2. The molecule has 11 heteroatoms. The van der Waals surface area contributed by atoms with Crippen LogP contribution in [0.2, 0.25) is 15.1 Å². The Morgan fingerprint density at radius 2 is 1.56 bits per heavy atom. The predicted octanol–water partition coefficient (Wildman–Crippen LogP) is 6.65. The van der Waals surface area contributed by atoms with Gasteiger partial charge in [-0.3, -0.25) is 14.5 Å². The first-order valence-electron chi connectivity index (χ1n) is 9.62. The van der Waals surface area contributed by atoms with Crippen molar-refractivity contribution in [3.8, 4) is 5.75 Å². The monoisotopic (exact) mass is 553 g/mol. The summed E-state index contributed by atoms with van der Waals surface area (Å²) in [4.78, 5) is 26.5. The van der Waals surface area contributed by atoms with Gasteiger partial charge in [-0.1, -0.05) is 53.0 Å². The van der Waals surface area contributed by atoms with E-state index in [9.17, 15) is 18.0 Å². The summed E-state index contributed by atoms with van der Waals surface area (Å²) in [5.74, 6) is -0.461. The molecule has 0 aromatic heterocycles. The molecular weight excluding hydrogens is 541 g/mol. The molecule has 34 heavy (non-hydrogen) atoms. The Balaban J connectivity index is 1.54. The van der Waals surface area contributed by atoms with Gasteiger partial charge in [0.15, 0.2) is 0 Å². The second-order valence-corrected chi connectivity index (χ2v) is 10.8. The number of nitrogens with zero attached hydrogens (tertiary/aromatic N) is 1. The normalized spacial score (nSPS) is 15.3. The molecule has 1 fully saturated rings. The number of halogens is 3. The maximum atomic E-state index is 12.9. The van der Waals surface area contributed by atoms with Gasteiger partial charge in [0.05, 0.1) is 11.4 Å². The molecule has 0 N–H and O–H groups in total. The Morgan fingerprint density at radius 1 is 0.912 bits per heavy atom. The van der Waals surface area contributed by atoms with Crippen molar-refractivity contribution in [1.29, 1.82) is 0 Å². The van der Waals surface area contributed by atoms with Crippen LogP contribution >= 0.6 is 46.6 Å². The number of hydrogen-bond acceptors (Lipinski definition) is 6. The molecule has 1 aliphatic rings. The molecule has 1 heterocycles. The molecule has 0 saturated carbocycles. The molecule has 0 bridgehead atoms. The number of thioether (sulfide) groups is 1. The van der Waals surface area contributed by atoms with Gasteiger partial charge in [0, 0.05) is 20.6 Å². The highest BCUT2D eigenvalue weighted by Crippen LogP contribution is 2.36. The summed E-state index contributed by atoms with van der Waals surface area (Å²) in [5, 5.41) is 0.626. The second kappa shape index (κ2) is 10.0. The first-order valence-corrected chi connectivity index (χ1v) is 13.0. The first kappa shape index (κ1) is 24.6. The average molecular weight is 555 g/mol. The van der Waals surface area contributed by atoms with Gasteiger partial charge >= 0.3 is 10.1 Å². The van der Waals surface area contributed by atoms with Crippen molar-refractivity contribution < 1.29 is 22.2 Å². The lowest BCUT2D eigenvalue weighted by Gasteiger charge is -2.14. The molecule has 0 atom stereocenters. The summed E-state index contributed by atoms with van der Waals surface area (Å²) in [7, 11) is -4.08. The summed E-state index contributed by atoms with van der Waals surface area (Å²) in [5.41, 5.74) is 0.947. The molecule has 174 valence electrons. The first-order chi connectivity index (χ1) is 16.1. The third-order valence-electron chi connectivity index (χ3n) is 4.72. The maximum Gasteiger partial charge on any atom is 0.339 e. The van der Waals surface area contributed by atoms with Gasteiger partial charge in [-0.25, -0.2) is 0 Å². The van der Waals surface area contributed by atoms with Crippen molar-refractivity contribution in [2.75, 3.05) is 0 Å². The second-order valence-electron chi connectivity index (χ2n) is 7.03. The fraction of sp³-hybridized carbons (Fsp3) is 0.0435. The summed E-state index contributed by atoms with van der Waals surface area (Å²) < 4.78 is 30.3. The zero-order valence-corrected chi connectivity index (χ0v) is 21.0. The van der Waals surface area contributed by atoms with Crippen molar-refractivity contribution in [3.05, 3.63) is 97.8 Å². The van der Waals surface area contributed by atoms with Crippen LogP contribution in [0.3, 0.4) is 0 Å². The van der Waals surface area contributed by atoms with Crippen LogP contribution in [0, 0.1) is 0 Å². The third-order valence-corrected chi connectivity index (χ3v) is 7.84. The van der Waals surface area contributed by atoms with E-state index in [-0.39, 0.29) is 22.1 Å². The molecule has 4 rings (SSSR count). The van der Waals surface area contributed by atoms with Crippen molar-refractivity contribution in [1.82, 2.24) is 4.90 Å². The van der Waals surface area contributed by atoms with E-state index < -0.39 is 21.3 Å². The highest BCUT2D eigenvalue weighted by Gasteiger charge is 2.35. The van der Waals surface area contributed by atoms with Crippen molar-refractivity contribution in [2.45, 2.75) is 11.4 Å². The number of hydrogen-bond donors (Lipinski definition) is 0. The number of imide groups is 1. The van der Waals surface area contributed by atoms with E-state index in [0.29, 0.717) is 26.2 Å². The number of carbonyl (C=O) groups excluding carboxylic acids is 2. The van der Waals surface area contributed by atoms with E-state index in [0.717, 1.165) is 16.7 Å². The van der Waals surface area contributed by atoms with Crippen molar-refractivity contribution in [2.24, 2.45) is 0 Å². The average Bonchev–Trinajstić information content (AvgIpc) is 3.03. The lowest BCUT2D eigenvalue weighted by atomic mass is 10.2. The van der Waals surface area contributed by atoms with Crippen molar-refractivity contribution in [3.63, 3.8) is 0 Å². The van der Waals surface area contributed by atoms with E-state index in [1.165, 1.54) is 42.5 Å². The predicted molar refractivity (Wildman–Crippen MR) is 134 cm³/mol. The molecule has 0 spiro atoms. The van der Waals surface area contributed by atoms with E-state index in [1.54, 1.807) is 30.3 Å². The Hall–Kier alpha value is -2.49. The summed E-state index contributed by atoms with van der Waals surface area (Å²) in [6, 6.07) is 16.6. The molecule has 0 unspecified atom stereocenters. The van der Waals surface area contributed by atoms with Crippen LogP contribution in [-0.4, -0.2) is 24.5 Å². The Bertz CT molecular complexity index is 1400. The Kier molecular flexibility index (Phi) is 7.25. The minimum Gasteiger partial charge on any atom is -0.379 e. The quantitative estimate of drug-likeness (QED) is 0.251. The molecule has 0 radical (unpaired) electrons. The highest BCUT2D eigenvalue weighted by molar-refractivity contribution is 8.18. The van der Waals surface area contributed by atoms with E-state index in [4.69, 9.17) is 39.0 Å². The van der Waals surface area contributed by atoms with E-state index in [2.05, 4.69) is 0 Å². The molecule has 0 aliphatic carbocycles. The van der Waals surface area contributed by atoms with Gasteiger partial charge in [-0.15, -0.1) is 0 Å². The Labute approximate surface area is 215 Å². The van der Waals surface area contributed by atoms with Gasteiger partial charge in [0.25, 0.3) is 11.1 Å². The highest BCUT2D eigenvalue weighted by atomic mass is 35.5. The Morgan fingerprint density at radius 3 is 2.24 bits per heavy atom. The van der Waals surface area contributed by atoms with Gasteiger partial charge in [-0.05, 0) is 71.9 Å².